The highest BCUT2D eigenvalue weighted by atomic mass is 35.5. The third-order valence-corrected chi connectivity index (χ3v) is 5.85. The zero-order valence-corrected chi connectivity index (χ0v) is 13.4. The first-order valence-corrected chi connectivity index (χ1v) is 8.66. The van der Waals surface area contributed by atoms with Crippen LogP contribution in [0, 0.1) is 6.92 Å². The summed E-state index contributed by atoms with van der Waals surface area (Å²) in [6.45, 7) is 2.91. The van der Waals surface area contributed by atoms with Gasteiger partial charge in [0.15, 0.2) is 0 Å². The van der Waals surface area contributed by atoms with Crippen molar-refractivity contribution in [1.29, 1.82) is 0 Å². The average Bonchev–Trinajstić information content (AvgIpc) is 2.92. The van der Waals surface area contributed by atoms with Crippen molar-refractivity contribution in [2.24, 2.45) is 0 Å². The summed E-state index contributed by atoms with van der Waals surface area (Å²) in [6.07, 6.45) is 1.92. The fourth-order valence-corrected chi connectivity index (χ4v) is 3.99. The van der Waals surface area contributed by atoms with Crippen LogP contribution in [0.5, 0.6) is 0 Å². The molecule has 1 fully saturated rings. The van der Waals surface area contributed by atoms with Gasteiger partial charge in [-0.2, -0.15) is 4.31 Å². The van der Waals surface area contributed by atoms with Gasteiger partial charge < -0.3 is 4.74 Å². The Bertz CT molecular complexity index is 568. The molecular formula is C14H20ClNO3S. The van der Waals surface area contributed by atoms with Gasteiger partial charge in [0, 0.05) is 26.1 Å². The van der Waals surface area contributed by atoms with Crippen LogP contribution in [0.4, 0.5) is 0 Å². The number of hydrogen-bond acceptors (Lipinski definition) is 3. The summed E-state index contributed by atoms with van der Waals surface area (Å²) in [6, 6.07) is 5.30. The summed E-state index contributed by atoms with van der Waals surface area (Å²) in [4.78, 5) is 0.330. The van der Waals surface area contributed by atoms with Crippen molar-refractivity contribution in [3.8, 4) is 0 Å². The van der Waals surface area contributed by atoms with Crippen LogP contribution in [0.25, 0.3) is 0 Å². The largest absolute Gasteiger partial charge is 0.377 e. The van der Waals surface area contributed by atoms with Crippen LogP contribution in [0.3, 0.4) is 0 Å². The van der Waals surface area contributed by atoms with Crippen molar-refractivity contribution in [2.75, 3.05) is 20.2 Å². The van der Waals surface area contributed by atoms with Gasteiger partial charge in [0.2, 0.25) is 10.0 Å². The highest BCUT2D eigenvalue weighted by molar-refractivity contribution is 7.89. The maximum absolute atomic E-state index is 12.6. The summed E-state index contributed by atoms with van der Waals surface area (Å²) in [5, 5.41) is 0. The molecule has 1 aromatic rings. The predicted octanol–water partition coefficient (Wildman–Crippen LogP) is 2.53. The van der Waals surface area contributed by atoms with Crippen molar-refractivity contribution in [2.45, 2.75) is 36.6 Å². The number of rotatable bonds is 5. The molecule has 20 heavy (non-hydrogen) atoms. The molecule has 1 unspecified atom stereocenters. The molecule has 0 aliphatic carbocycles. The SMILES string of the molecule is Cc1ccc(CCl)cc1S(=O)(=O)N(C)CC1CCCO1. The van der Waals surface area contributed by atoms with Gasteiger partial charge in [-0.05, 0) is 37.0 Å². The number of ether oxygens (including phenoxy) is 1. The zero-order valence-electron chi connectivity index (χ0n) is 11.8. The number of aryl methyl sites for hydroxylation is 1. The van der Waals surface area contributed by atoms with Gasteiger partial charge in [-0.25, -0.2) is 8.42 Å². The van der Waals surface area contributed by atoms with Crippen molar-refractivity contribution >= 4 is 21.6 Å². The van der Waals surface area contributed by atoms with E-state index in [9.17, 15) is 8.42 Å². The Morgan fingerprint density at radius 2 is 2.20 bits per heavy atom. The van der Waals surface area contributed by atoms with E-state index in [0.29, 0.717) is 17.3 Å². The molecule has 0 bridgehead atoms. The summed E-state index contributed by atoms with van der Waals surface area (Å²) >= 11 is 5.79. The second kappa shape index (κ2) is 6.43. The molecule has 1 saturated heterocycles. The van der Waals surface area contributed by atoms with Gasteiger partial charge in [-0.15, -0.1) is 11.6 Å². The van der Waals surface area contributed by atoms with Gasteiger partial charge >= 0.3 is 0 Å². The van der Waals surface area contributed by atoms with Gasteiger partial charge in [0.1, 0.15) is 0 Å². The summed E-state index contributed by atoms with van der Waals surface area (Å²) in [7, 11) is -1.89. The third kappa shape index (κ3) is 3.34. The van der Waals surface area contributed by atoms with E-state index in [-0.39, 0.29) is 6.10 Å². The Hall–Kier alpha value is -0.620. The molecule has 6 heteroatoms. The fourth-order valence-electron chi connectivity index (χ4n) is 2.35. The molecule has 0 saturated carbocycles. The minimum atomic E-state index is -3.50. The average molecular weight is 318 g/mol. The molecule has 0 spiro atoms. The number of hydrogen-bond donors (Lipinski definition) is 0. The van der Waals surface area contributed by atoms with Gasteiger partial charge in [-0.1, -0.05) is 12.1 Å². The molecule has 0 amide bonds. The van der Waals surface area contributed by atoms with Crippen LogP contribution in [0.1, 0.15) is 24.0 Å². The summed E-state index contributed by atoms with van der Waals surface area (Å²) in [5.74, 6) is 0.304. The second-order valence-electron chi connectivity index (χ2n) is 5.15. The molecular weight excluding hydrogens is 298 g/mol. The minimum Gasteiger partial charge on any atom is -0.377 e. The van der Waals surface area contributed by atoms with E-state index in [1.54, 1.807) is 26.1 Å². The van der Waals surface area contributed by atoms with E-state index >= 15 is 0 Å². The van der Waals surface area contributed by atoms with Gasteiger partial charge in [0.05, 0.1) is 11.0 Å². The first kappa shape index (κ1) is 15.8. The van der Waals surface area contributed by atoms with Crippen LogP contribution in [0.15, 0.2) is 23.1 Å². The molecule has 0 aromatic heterocycles. The zero-order chi connectivity index (χ0) is 14.8. The molecule has 1 aliphatic rings. The molecule has 0 N–H and O–H groups in total. The lowest BCUT2D eigenvalue weighted by Gasteiger charge is -2.21. The maximum atomic E-state index is 12.6. The number of halogens is 1. The summed E-state index contributed by atoms with van der Waals surface area (Å²) in [5.41, 5.74) is 1.54. The van der Waals surface area contributed by atoms with Gasteiger partial charge in [0.25, 0.3) is 0 Å². The van der Waals surface area contributed by atoms with Crippen LogP contribution >= 0.6 is 11.6 Å². The number of benzene rings is 1. The Morgan fingerprint density at radius 1 is 1.45 bits per heavy atom. The van der Waals surface area contributed by atoms with Gasteiger partial charge in [-0.3, -0.25) is 0 Å². The quantitative estimate of drug-likeness (QED) is 0.784. The number of sulfonamides is 1. The van der Waals surface area contributed by atoms with Crippen molar-refractivity contribution < 1.29 is 13.2 Å². The van der Waals surface area contributed by atoms with Crippen molar-refractivity contribution in [1.82, 2.24) is 4.31 Å². The van der Waals surface area contributed by atoms with E-state index in [1.165, 1.54) is 4.31 Å². The lowest BCUT2D eigenvalue weighted by Crippen LogP contribution is -2.34. The standard InChI is InChI=1S/C14H20ClNO3S/c1-11-5-6-12(9-15)8-14(11)20(17,18)16(2)10-13-4-3-7-19-13/h5-6,8,13H,3-4,7,9-10H2,1-2H3. The molecule has 1 aliphatic heterocycles. The van der Waals surface area contributed by atoms with E-state index < -0.39 is 10.0 Å². The molecule has 4 nitrogen and oxygen atoms in total. The van der Waals surface area contributed by atoms with Crippen LogP contribution in [-0.4, -0.2) is 39.0 Å². The van der Waals surface area contributed by atoms with E-state index in [1.807, 2.05) is 6.07 Å². The minimum absolute atomic E-state index is 0.00582. The molecule has 1 aromatic carbocycles. The highest BCUT2D eigenvalue weighted by Gasteiger charge is 2.27. The Labute approximate surface area is 125 Å². The topological polar surface area (TPSA) is 46.6 Å². The Morgan fingerprint density at radius 3 is 2.80 bits per heavy atom. The highest BCUT2D eigenvalue weighted by Crippen LogP contribution is 2.23. The number of alkyl halides is 1. The molecule has 1 heterocycles. The Kier molecular flexibility index (Phi) is 5.07. The lowest BCUT2D eigenvalue weighted by molar-refractivity contribution is 0.0979. The number of nitrogens with zero attached hydrogens (tertiary/aromatic N) is 1. The molecule has 112 valence electrons. The van der Waals surface area contributed by atoms with Crippen molar-refractivity contribution in [3.63, 3.8) is 0 Å². The normalized spacial score (nSPS) is 19.7. The van der Waals surface area contributed by atoms with Crippen molar-refractivity contribution in [3.05, 3.63) is 29.3 Å². The number of likely N-dealkylation sites (N-methyl/N-ethyl adjacent to an activating group) is 1. The summed E-state index contributed by atoms with van der Waals surface area (Å²) < 4.78 is 32.2. The fraction of sp³-hybridized carbons (Fsp3) is 0.571. The second-order valence-corrected chi connectivity index (χ2v) is 7.43. The smallest absolute Gasteiger partial charge is 0.243 e. The Balaban J connectivity index is 2.24. The molecule has 0 radical (unpaired) electrons. The first-order chi connectivity index (χ1) is 9.45. The predicted molar refractivity (Wildman–Crippen MR) is 79.5 cm³/mol. The first-order valence-electron chi connectivity index (χ1n) is 6.68. The van der Waals surface area contributed by atoms with E-state index in [2.05, 4.69) is 0 Å². The molecule has 2 rings (SSSR count). The third-order valence-electron chi connectivity index (χ3n) is 3.58. The van der Waals surface area contributed by atoms with Crippen LogP contribution in [0.2, 0.25) is 0 Å². The van der Waals surface area contributed by atoms with Crippen LogP contribution in [-0.2, 0) is 20.6 Å². The molecule has 1 atom stereocenters. The monoisotopic (exact) mass is 317 g/mol. The van der Waals surface area contributed by atoms with E-state index in [0.717, 1.165) is 30.6 Å². The van der Waals surface area contributed by atoms with E-state index in [4.69, 9.17) is 16.3 Å². The maximum Gasteiger partial charge on any atom is 0.243 e. The van der Waals surface area contributed by atoms with Crippen LogP contribution < -0.4 is 0 Å². The lowest BCUT2D eigenvalue weighted by atomic mass is 10.2.